The molecule has 0 amide bonds. The Hall–Kier alpha value is -0.120. The van der Waals surface area contributed by atoms with Gasteiger partial charge in [0.2, 0.25) is 0 Å². The summed E-state index contributed by atoms with van der Waals surface area (Å²) in [5, 5.41) is 8.85. The van der Waals surface area contributed by atoms with Gasteiger partial charge in [0.15, 0.2) is 6.29 Å². The summed E-state index contributed by atoms with van der Waals surface area (Å²) in [5.74, 6) is 0.631. The Morgan fingerprint density at radius 1 is 1.38 bits per heavy atom. The molecular weight excluding hydrogens is 168 g/mol. The van der Waals surface area contributed by atoms with Gasteiger partial charge in [0.05, 0.1) is 6.10 Å². The van der Waals surface area contributed by atoms with Crippen molar-refractivity contribution in [2.24, 2.45) is 5.92 Å². The minimum absolute atomic E-state index is 0.215. The lowest BCUT2D eigenvalue weighted by atomic mass is 9.88. The van der Waals surface area contributed by atoms with E-state index < -0.39 is 6.29 Å². The van der Waals surface area contributed by atoms with Crippen LogP contribution in [0.4, 0.5) is 0 Å². The summed E-state index contributed by atoms with van der Waals surface area (Å²) in [6, 6.07) is 0. The number of hydrogen-bond donors (Lipinski definition) is 1. The van der Waals surface area contributed by atoms with Crippen molar-refractivity contribution in [3.05, 3.63) is 0 Å². The van der Waals surface area contributed by atoms with E-state index in [0.717, 1.165) is 6.42 Å². The van der Waals surface area contributed by atoms with Gasteiger partial charge in [0.25, 0.3) is 0 Å². The van der Waals surface area contributed by atoms with E-state index >= 15 is 0 Å². The maximum Gasteiger partial charge on any atom is 0.154 e. The predicted molar refractivity (Wildman–Crippen MR) is 50.1 cm³/mol. The van der Waals surface area contributed by atoms with Crippen LogP contribution in [0.2, 0.25) is 0 Å². The van der Waals surface area contributed by atoms with E-state index in [4.69, 9.17) is 14.6 Å². The van der Waals surface area contributed by atoms with Gasteiger partial charge in [-0.25, -0.2) is 0 Å². The van der Waals surface area contributed by atoms with Crippen molar-refractivity contribution in [1.29, 1.82) is 0 Å². The summed E-state index contributed by atoms with van der Waals surface area (Å²) in [4.78, 5) is 0. The second-order valence-electron chi connectivity index (χ2n) is 3.85. The standard InChI is InChI=1S/C10H20O3/c1-8-5-3-4-6-10(8)13-7-12-9(2)11/h8-11H,3-7H2,1-2H3. The first kappa shape index (κ1) is 11.0. The first-order valence-electron chi connectivity index (χ1n) is 5.11. The van der Waals surface area contributed by atoms with Crippen molar-refractivity contribution in [2.45, 2.75) is 51.9 Å². The topological polar surface area (TPSA) is 38.7 Å². The van der Waals surface area contributed by atoms with Crippen LogP contribution in [0.1, 0.15) is 39.5 Å². The molecule has 1 aliphatic carbocycles. The van der Waals surface area contributed by atoms with E-state index in [1.165, 1.54) is 19.3 Å². The quantitative estimate of drug-likeness (QED) is 0.685. The number of ether oxygens (including phenoxy) is 2. The van der Waals surface area contributed by atoms with Crippen LogP contribution in [-0.4, -0.2) is 24.3 Å². The van der Waals surface area contributed by atoms with Crippen molar-refractivity contribution in [3.8, 4) is 0 Å². The zero-order valence-electron chi connectivity index (χ0n) is 8.53. The van der Waals surface area contributed by atoms with Gasteiger partial charge >= 0.3 is 0 Å². The molecule has 0 aromatic heterocycles. The van der Waals surface area contributed by atoms with Crippen molar-refractivity contribution in [1.82, 2.24) is 0 Å². The highest BCUT2D eigenvalue weighted by Crippen LogP contribution is 2.26. The normalized spacial score (nSPS) is 31.6. The molecular formula is C10H20O3. The summed E-state index contributed by atoms with van der Waals surface area (Å²) < 4.78 is 10.5. The second kappa shape index (κ2) is 5.58. The zero-order chi connectivity index (χ0) is 9.68. The molecule has 3 atom stereocenters. The molecule has 0 heterocycles. The fourth-order valence-electron chi connectivity index (χ4n) is 1.75. The Labute approximate surface area is 80.0 Å². The van der Waals surface area contributed by atoms with Gasteiger partial charge in [0, 0.05) is 0 Å². The highest BCUT2D eigenvalue weighted by molar-refractivity contribution is 4.71. The number of aliphatic hydroxyl groups is 1. The summed E-state index contributed by atoms with van der Waals surface area (Å²) in [5.41, 5.74) is 0. The number of hydrogen-bond acceptors (Lipinski definition) is 3. The number of aliphatic hydroxyl groups excluding tert-OH is 1. The van der Waals surface area contributed by atoms with Crippen molar-refractivity contribution in [2.75, 3.05) is 6.79 Å². The van der Waals surface area contributed by atoms with Crippen molar-refractivity contribution >= 4 is 0 Å². The van der Waals surface area contributed by atoms with Crippen LogP contribution in [0.3, 0.4) is 0 Å². The predicted octanol–water partition coefficient (Wildman–Crippen LogP) is 1.89. The second-order valence-corrected chi connectivity index (χ2v) is 3.85. The minimum Gasteiger partial charge on any atom is -0.368 e. The molecule has 1 saturated carbocycles. The van der Waals surface area contributed by atoms with E-state index in [1.54, 1.807) is 6.92 Å². The van der Waals surface area contributed by atoms with Gasteiger partial charge in [-0.3, -0.25) is 0 Å². The molecule has 0 aliphatic heterocycles. The maximum atomic E-state index is 8.85. The third-order valence-electron chi connectivity index (χ3n) is 2.62. The Balaban J connectivity index is 2.11. The van der Waals surface area contributed by atoms with Gasteiger partial charge in [-0.1, -0.05) is 19.8 Å². The molecule has 0 aromatic carbocycles. The first-order chi connectivity index (χ1) is 6.20. The molecule has 3 heteroatoms. The van der Waals surface area contributed by atoms with Crippen LogP contribution < -0.4 is 0 Å². The van der Waals surface area contributed by atoms with Gasteiger partial charge in [-0.05, 0) is 25.7 Å². The fourth-order valence-corrected chi connectivity index (χ4v) is 1.75. The molecule has 0 aromatic rings. The van der Waals surface area contributed by atoms with Gasteiger partial charge in [0.1, 0.15) is 6.79 Å². The monoisotopic (exact) mass is 188 g/mol. The van der Waals surface area contributed by atoms with E-state index in [9.17, 15) is 0 Å². The molecule has 1 aliphatic rings. The van der Waals surface area contributed by atoms with Crippen LogP contribution in [0.25, 0.3) is 0 Å². The lowest BCUT2D eigenvalue weighted by molar-refractivity contribution is -0.185. The SMILES string of the molecule is CC(O)OCOC1CCCCC1C. The molecule has 0 saturated heterocycles. The lowest BCUT2D eigenvalue weighted by Gasteiger charge is -2.28. The van der Waals surface area contributed by atoms with E-state index in [0.29, 0.717) is 12.0 Å². The Morgan fingerprint density at radius 3 is 2.69 bits per heavy atom. The average Bonchev–Trinajstić information content (AvgIpc) is 2.08. The smallest absolute Gasteiger partial charge is 0.154 e. The largest absolute Gasteiger partial charge is 0.368 e. The molecule has 0 radical (unpaired) electrons. The molecule has 3 unspecified atom stereocenters. The minimum atomic E-state index is -0.723. The lowest BCUT2D eigenvalue weighted by Crippen LogP contribution is -2.27. The summed E-state index contributed by atoms with van der Waals surface area (Å²) in [6.07, 6.45) is 4.55. The zero-order valence-corrected chi connectivity index (χ0v) is 8.53. The summed E-state index contributed by atoms with van der Waals surface area (Å²) in [7, 11) is 0. The van der Waals surface area contributed by atoms with Crippen LogP contribution in [0.15, 0.2) is 0 Å². The van der Waals surface area contributed by atoms with Crippen LogP contribution in [0.5, 0.6) is 0 Å². The van der Waals surface area contributed by atoms with Crippen LogP contribution in [0, 0.1) is 5.92 Å². The van der Waals surface area contributed by atoms with Crippen molar-refractivity contribution < 1.29 is 14.6 Å². The number of rotatable bonds is 4. The van der Waals surface area contributed by atoms with Crippen molar-refractivity contribution in [3.63, 3.8) is 0 Å². The molecule has 13 heavy (non-hydrogen) atoms. The van der Waals surface area contributed by atoms with Crippen LogP contribution in [-0.2, 0) is 9.47 Å². The third-order valence-corrected chi connectivity index (χ3v) is 2.62. The molecule has 3 nitrogen and oxygen atoms in total. The molecule has 0 spiro atoms. The molecule has 1 rings (SSSR count). The summed E-state index contributed by atoms with van der Waals surface area (Å²) in [6.45, 7) is 4.02. The fraction of sp³-hybridized carbons (Fsp3) is 1.00. The highest BCUT2D eigenvalue weighted by Gasteiger charge is 2.21. The van der Waals surface area contributed by atoms with Gasteiger partial charge < -0.3 is 14.6 Å². The van der Waals surface area contributed by atoms with E-state index in [2.05, 4.69) is 6.92 Å². The van der Waals surface area contributed by atoms with E-state index in [1.807, 2.05) is 0 Å². The van der Waals surface area contributed by atoms with Gasteiger partial charge in [-0.2, -0.15) is 0 Å². The van der Waals surface area contributed by atoms with Gasteiger partial charge in [-0.15, -0.1) is 0 Å². The van der Waals surface area contributed by atoms with Crippen LogP contribution >= 0.6 is 0 Å². The summed E-state index contributed by atoms with van der Waals surface area (Å²) >= 11 is 0. The molecule has 0 bridgehead atoms. The Morgan fingerprint density at radius 2 is 2.08 bits per heavy atom. The highest BCUT2D eigenvalue weighted by atomic mass is 16.7. The third kappa shape index (κ3) is 4.07. The molecule has 1 N–H and O–H groups in total. The molecule has 1 fully saturated rings. The van der Waals surface area contributed by atoms with E-state index in [-0.39, 0.29) is 6.79 Å². The Kier molecular flexibility index (Phi) is 4.70. The molecule has 78 valence electrons. The maximum absolute atomic E-state index is 8.85. The first-order valence-corrected chi connectivity index (χ1v) is 5.11. The Bertz CT molecular complexity index is 136. The average molecular weight is 188 g/mol.